The summed E-state index contributed by atoms with van der Waals surface area (Å²) in [6, 6.07) is 8.80. The number of esters is 1. The zero-order valence-corrected chi connectivity index (χ0v) is 13.7. The van der Waals surface area contributed by atoms with Gasteiger partial charge in [-0.05, 0) is 43.2 Å². The van der Waals surface area contributed by atoms with Gasteiger partial charge in [0.2, 0.25) is 5.78 Å². The van der Waals surface area contributed by atoms with Gasteiger partial charge in [-0.1, -0.05) is 17.7 Å². The summed E-state index contributed by atoms with van der Waals surface area (Å²) < 4.78 is 24.7. The van der Waals surface area contributed by atoms with Crippen molar-refractivity contribution in [2.24, 2.45) is 5.92 Å². The molecule has 2 aromatic carbocycles. The first kappa shape index (κ1) is 15.8. The summed E-state index contributed by atoms with van der Waals surface area (Å²) >= 11 is 5.98. The van der Waals surface area contributed by atoms with E-state index in [2.05, 4.69) is 0 Å². The Kier molecular flexibility index (Phi) is 3.81. The molecule has 4 rings (SSSR count). The number of ether oxygens (including phenoxy) is 2. The summed E-state index contributed by atoms with van der Waals surface area (Å²) in [5.74, 6) is -0.695. The van der Waals surface area contributed by atoms with Crippen molar-refractivity contribution in [2.75, 3.05) is 0 Å². The van der Waals surface area contributed by atoms with E-state index in [0.717, 1.165) is 12.8 Å². The maximum absolute atomic E-state index is 13.9. The van der Waals surface area contributed by atoms with Crippen LogP contribution in [-0.2, 0) is 4.79 Å². The van der Waals surface area contributed by atoms with Crippen molar-refractivity contribution in [3.63, 3.8) is 0 Å². The molecule has 0 unspecified atom stereocenters. The number of hydrogen-bond donors (Lipinski definition) is 0. The van der Waals surface area contributed by atoms with Crippen LogP contribution in [0.2, 0.25) is 5.02 Å². The summed E-state index contributed by atoms with van der Waals surface area (Å²) in [7, 11) is 0. The van der Waals surface area contributed by atoms with Crippen LogP contribution in [0.3, 0.4) is 0 Å². The smallest absolute Gasteiger partial charge is 0.314 e. The molecule has 126 valence electrons. The Balaban J connectivity index is 1.62. The predicted octanol–water partition coefficient (Wildman–Crippen LogP) is 4.41. The zero-order chi connectivity index (χ0) is 17.6. The van der Waals surface area contributed by atoms with Crippen molar-refractivity contribution < 1.29 is 23.5 Å². The molecule has 0 radical (unpaired) electrons. The molecule has 6 heteroatoms. The van der Waals surface area contributed by atoms with Crippen molar-refractivity contribution in [1.29, 1.82) is 0 Å². The standard InChI is InChI=1S/C19H12ClFO4/c20-14-2-1-3-15(21)13(14)9-17-18(22)12-7-6-11(8-16(12)25-17)24-19(23)10-4-5-10/h1-3,6-10H,4-5H2. The molecule has 0 aromatic heterocycles. The highest BCUT2D eigenvalue weighted by atomic mass is 35.5. The van der Waals surface area contributed by atoms with Gasteiger partial charge < -0.3 is 9.47 Å². The summed E-state index contributed by atoms with van der Waals surface area (Å²) in [6.07, 6.45) is 2.96. The molecule has 1 heterocycles. The number of benzene rings is 2. The van der Waals surface area contributed by atoms with Crippen molar-refractivity contribution in [3.05, 3.63) is 64.1 Å². The molecule has 2 aromatic rings. The van der Waals surface area contributed by atoms with Gasteiger partial charge in [0.05, 0.1) is 16.5 Å². The minimum atomic E-state index is -0.550. The number of halogens is 2. The Bertz CT molecular complexity index is 911. The van der Waals surface area contributed by atoms with Gasteiger partial charge in [-0.25, -0.2) is 4.39 Å². The largest absolute Gasteiger partial charge is 0.452 e. The second kappa shape index (κ2) is 6.01. The maximum atomic E-state index is 13.9. The van der Waals surface area contributed by atoms with Crippen LogP contribution in [-0.4, -0.2) is 11.8 Å². The van der Waals surface area contributed by atoms with Gasteiger partial charge >= 0.3 is 5.97 Å². The second-order valence-electron chi connectivity index (χ2n) is 5.93. The van der Waals surface area contributed by atoms with E-state index in [1.807, 2.05) is 0 Å². The van der Waals surface area contributed by atoms with Crippen LogP contribution < -0.4 is 9.47 Å². The number of hydrogen-bond acceptors (Lipinski definition) is 4. The Morgan fingerprint density at radius 2 is 2.08 bits per heavy atom. The monoisotopic (exact) mass is 358 g/mol. The van der Waals surface area contributed by atoms with E-state index in [1.165, 1.54) is 36.4 Å². The van der Waals surface area contributed by atoms with Crippen LogP contribution in [0.5, 0.6) is 11.5 Å². The number of ketones is 1. The second-order valence-corrected chi connectivity index (χ2v) is 6.34. The molecule has 4 nitrogen and oxygen atoms in total. The highest BCUT2D eigenvalue weighted by Gasteiger charge is 2.33. The van der Waals surface area contributed by atoms with Gasteiger partial charge in [-0.2, -0.15) is 0 Å². The number of fused-ring (bicyclic) bond motifs is 1. The van der Waals surface area contributed by atoms with Crippen molar-refractivity contribution in [1.82, 2.24) is 0 Å². The Morgan fingerprint density at radius 1 is 1.28 bits per heavy atom. The number of carbonyl (C=O) groups excluding carboxylic acids is 2. The molecule has 1 aliphatic carbocycles. The van der Waals surface area contributed by atoms with E-state index in [9.17, 15) is 14.0 Å². The molecule has 1 aliphatic heterocycles. The third kappa shape index (κ3) is 3.03. The van der Waals surface area contributed by atoms with Gasteiger partial charge in [0.15, 0.2) is 5.76 Å². The molecule has 1 saturated carbocycles. The van der Waals surface area contributed by atoms with E-state index in [0.29, 0.717) is 11.3 Å². The van der Waals surface area contributed by atoms with E-state index in [-0.39, 0.29) is 39.8 Å². The van der Waals surface area contributed by atoms with Gasteiger partial charge in [0.25, 0.3) is 0 Å². The lowest BCUT2D eigenvalue weighted by molar-refractivity contribution is -0.135. The highest BCUT2D eigenvalue weighted by Crippen LogP contribution is 2.37. The minimum absolute atomic E-state index is 0.0329. The number of allylic oxidation sites excluding steroid dienone is 1. The van der Waals surface area contributed by atoms with Gasteiger partial charge in [-0.15, -0.1) is 0 Å². The molecular weight excluding hydrogens is 347 g/mol. The lowest BCUT2D eigenvalue weighted by atomic mass is 10.1. The normalized spacial score (nSPS) is 17.4. The molecule has 0 bridgehead atoms. The molecule has 0 saturated heterocycles. The van der Waals surface area contributed by atoms with E-state index < -0.39 is 5.82 Å². The fourth-order valence-electron chi connectivity index (χ4n) is 2.53. The van der Waals surface area contributed by atoms with E-state index in [1.54, 1.807) is 6.07 Å². The molecular formula is C19H12ClFO4. The number of Topliss-reactive ketones (excluding diaryl/α,β-unsaturated/α-hetero) is 1. The summed E-state index contributed by atoms with van der Waals surface area (Å²) in [6.45, 7) is 0. The van der Waals surface area contributed by atoms with Gasteiger partial charge in [-0.3, -0.25) is 9.59 Å². The fraction of sp³-hybridized carbons (Fsp3) is 0.158. The average molecular weight is 359 g/mol. The van der Waals surface area contributed by atoms with Crippen LogP contribution in [0, 0.1) is 11.7 Å². The molecule has 0 amide bonds. The van der Waals surface area contributed by atoms with Crippen LogP contribution in [0.4, 0.5) is 4.39 Å². The fourth-order valence-corrected chi connectivity index (χ4v) is 2.75. The summed E-state index contributed by atoms with van der Waals surface area (Å²) in [5, 5.41) is 0.180. The van der Waals surface area contributed by atoms with Crippen LogP contribution in [0.25, 0.3) is 6.08 Å². The lowest BCUT2D eigenvalue weighted by Crippen LogP contribution is -2.09. The van der Waals surface area contributed by atoms with Crippen molar-refractivity contribution in [2.45, 2.75) is 12.8 Å². The topological polar surface area (TPSA) is 52.6 Å². The maximum Gasteiger partial charge on any atom is 0.314 e. The molecule has 0 N–H and O–H groups in total. The van der Waals surface area contributed by atoms with Crippen molar-refractivity contribution in [3.8, 4) is 11.5 Å². The van der Waals surface area contributed by atoms with Gasteiger partial charge in [0.1, 0.15) is 17.3 Å². The van der Waals surface area contributed by atoms with Crippen LogP contribution >= 0.6 is 11.6 Å². The summed E-state index contributed by atoms with van der Waals surface area (Å²) in [4.78, 5) is 24.1. The quantitative estimate of drug-likeness (QED) is 0.463. The van der Waals surface area contributed by atoms with Crippen LogP contribution in [0.15, 0.2) is 42.2 Å². The molecule has 25 heavy (non-hydrogen) atoms. The van der Waals surface area contributed by atoms with E-state index in [4.69, 9.17) is 21.1 Å². The number of carbonyl (C=O) groups is 2. The summed E-state index contributed by atoms with van der Waals surface area (Å²) in [5.41, 5.74) is 0.408. The Labute approximate surface area is 147 Å². The van der Waals surface area contributed by atoms with E-state index >= 15 is 0 Å². The first-order valence-electron chi connectivity index (χ1n) is 7.77. The highest BCUT2D eigenvalue weighted by molar-refractivity contribution is 6.32. The SMILES string of the molecule is O=C1C(=Cc2c(F)cccc2Cl)Oc2cc(OC(=O)C3CC3)ccc21. The third-order valence-corrected chi connectivity index (χ3v) is 4.38. The first-order chi connectivity index (χ1) is 12.0. The van der Waals surface area contributed by atoms with Crippen molar-refractivity contribution >= 4 is 29.4 Å². The molecule has 1 fully saturated rings. The zero-order valence-electron chi connectivity index (χ0n) is 12.9. The minimum Gasteiger partial charge on any atom is -0.452 e. The molecule has 0 atom stereocenters. The Morgan fingerprint density at radius 3 is 2.80 bits per heavy atom. The molecule has 2 aliphatic rings. The number of rotatable bonds is 3. The Hall–Kier alpha value is -2.66. The first-order valence-corrected chi connectivity index (χ1v) is 8.15. The van der Waals surface area contributed by atoms with Crippen LogP contribution in [0.1, 0.15) is 28.8 Å². The third-order valence-electron chi connectivity index (χ3n) is 4.05. The van der Waals surface area contributed by atoms with Gasteiger partial charge in [0, 0.05) is 11.6 Å². The lowest BCUT2D eigenvalue weighted by Gasteiger charge is -2.04. The molecule has 0 spiro atoms. The average Bonchev–Trinajstić information content (AvgIpc) is 3.38. The predicted molar refractivity (Wildman–Crippen MR) is 89.1 cm³/mol.